The van der Waals surface area contributed by atoms with Crippen LogP contribution in [0.15, 0.2) is 24.3 Å². The maximum absolute atomic E-state index is 10.8. The molecule has 19 heavy (non-hydrogen) atoms. The number of piperidine rings is 1. The summed E-state index contributed by atoms with van der Waals surface area (Å²) >= 11 is 0. The third-order valence-electron chi connectivity index (χ3n) is 3.24. The van der Waals surface area contributed by atoms with Crippen LogP contribution in [0.2, 0.25) is 0 Å². The van der Waals surface area contributed by atoms with E-state index in [4.69, 9.17) is 9.84 Å². The molecule has 2 rings (SSSR count). The van der Waals surface area contributed by atoms with Gasteiger partial charge in [-0.15, -0.1) is 0 Å². The van der Waals surface area contributed by atoms with Crippen LogP contribution in [0.25, 0.3) is 0 Å². The predicted molar refractivity (Wildman–Crippen MR) is 70.6 cm³/mol. The number of β-amino-alcohol motifs (C(OH)–C–C–N with tert-alkyl or cyclic N) is 1. The number of likely N-dealkylation sites (tertiary alicyclic amines) is 1. The minimum atomic E-state index is -0.954. The third kappa shape index (κ3) is 4.22. The van der Waals surface area contributed by atoms with Gasteiger partial charge in [-0.1, -0.05) is 6.07 Å². The Labute approximate surface area is 112 Å². The number of hydrogen-bond donors (Lipinski definition) is 2. The molecule has 1 unspecified atom stereocenters. The number of rotatable bonds is 5. The van der Waals surface area contributed by atoms with Crippen LogP contribution in [0.5, 0.6) is 5.75 Å². The molecule has 1 aliphatic rings. The van der Waals surface area contributed by atoms with Crippen molar-refractivity contribution in [2.45, 2.75) is 18.9 Å². The topological polar surface area (TPSA) is 70.0 Å². The highest BCUT2D eigenvalue weighted by Crippen LogP contribution is 2.14. The molecule has 0 aliphatic carbocycles. The summed E-state index contributed by atoms with van der Waals surface area (Å²) in [4.78, 5) is 13.0. The second-order valence-electron chi connectivity index (χ2n) is 4.78. The van der Waals surface area contributed by atoms with Gasteiger partial charge in [-0.05, 0) is 37.6 Å². The molecule has 0 saturated carbocycles. The fraction of sp³-hybridized carbons (Fsp3) is 0.500. The largest absolute Gasteiger partial charge is 0.492 e. The summed E-state index contributed by atoms with van der Waals surface area (Å²) < 4.78 is 5.55. The van der Waals surface area contributed by atoms with Crippen LogP contribution in [0, 0.1) is 0 Å². The van der Waals surface area contributed by atoms with Crippen molar-refractivity contribution in [2.75, 3.05) is 26.2 Å². The molecule has 1 aromatic rings. The molecule has 0 radical (unpaired) electrons. The number of nitrogens with zero attached hydrogens (tertiary/aromatic N) is 1. The van der Waals surface area contributed by atoms with E-state index in [9.17, 15) is 9.90 Å². The summed E-state index contributed by atoms with van der Waals surface area (Å²) in [5.74, 6) is -0.387. The molecule has 1 heterocycles. The molecule has 2 N–H and O–H groups in total. The van der Waals surface area contributed by atoms with Crippen molar-refractivity contribution in [2.24, 2.45) is 0 Å². The molecule has 0 amide bonds. The van der Waals surface area contributed by atoms with Crippen molar-refractivity contribution in [1.82, 2.24) is 4.90 Å². The van der Waals surface area contributed by atoms with E-state index in [0.29, 0.717) is 18.9 Å². The summed E-state index contributed by atoms with van der Waals surface area (Å²) in [7, 11) is 0. The molecule has 5 heteroatoms. The average Bonchev–Trinajstić information content (AvgIpc) is 2.39. The molecule has 1 aromatic carbocycles. The Bertz CT molecular complexity index is 435. The van der Waals surface area contributed by atoms with E-state index in [1.807, 2.05) is 0 Å². The monoisotopic (exact) mass is 265 g/mol. The first-order chi connectivity index (χ1) is 9.15. The Morgan fingerprint density at radius 1 is 1.47 bits per heavy atom. The molecular weight excluding hydrogens is 246 g/mol. The van der Waals surface area contributed by atoms with E-state index in [1.54, 1.807) is 12.1 Å². The van der Waals surface area contributed by atoms with Crippen LogP contribution < -0.4 is 4.74 Å². The van der Waals surface area contributed by atoms with Crippen molar-refractivity contribution in [3.05, 3.63) is 29.8 Å². The molecule has 1 atom stereocenters. The molecule has 104 valence electrons. The number of benzene rings is 1. The summed E-state index contributed by atoms with van der Waals surface area (Å²) in [5, 5.41) is 18.4. The Balaban J connectivity index is 1.79. The summed E-state index contributed by atoms with van der Waals surface area (Å²) in [6, 6.07) is 6.48. The number of aromatic carboxylic acids is 1. The SMILES string of the molecule is O=C(O)c1cccc(OCCN2CCCC(O)C2)c1. The minimum Gasteiger partial charge on any atom is -0.492 e. The van der Waals surface area contributed by atoms with Gasteiger partial charge in [-0.3, -0.25) is 4.90 Å². The summed E-state index contributed by atoms with van der Waals surface area (Å²) in [6.45, 7) is 2.91. The lowest BCUT2D eigenvalue weighted by atomic mass is 10.1. The first-order valence-electron chi connectivity index (χ1n) is 6.52. The Morgan fingerprint density at radius 3 is 3.05 bits per heavy atom. The second kappa shape index (κ2) is 6.54. The van der Waals surface area contributed by atoms with Crippen molar-refractivity contribution >= 4 is 5.97 Å². The number of carbonyl (C=O) groups is 1. The van der Waals surface area contributed by atoms with Gasteiger partial charge in [0.2, 0.25) is 0 Å². The van der Waals surface area contributed by atoms with Gasteiger partial charge in [0.15, 0.2) is 0 Å². The maximum atomic E-state index is 10.8. The van der Waals surface area contributed by atoms with Gasteiger partial charge in [0.1, 0.15) is 12.4 Å². The van der Waals surface area contributed by atoms with Crippen LogP contribution in [0.1, 0.15) is 23.2 Å². The van der Waals surface area contributed by atoms with Crippen LogP contribution in [0.4, 0.5) is 0 Å². The fourth-order valence-electron chi connectivity index (χ4n) is 2.25. The zero-order valence-electron chi connectivity index (χ0n) is 10.8. The van der Waals surface area contributed by atoms with Crippen molar-refractivity contribution in [1.29, 1.82) is 0 Å². The number of aliphatic hydroxyl groups excluding tert-OH is 1. The van der Waals surface area contributed by atoms with Crippen molar-refractivity contribution in [3.8, 4) is 5.75 Å². The van der Waals surface area contributed by atoms with Gasteiger partial charge < -0.3 is 14.9 Å². The van der Waals surface area contributed by atoms with E-state index in [0.717, 1.165) is 25.9 Å². The second-order valence-corrected chi connectivity index (χ2v) is 4.78. The quantitative estimate of drug-likeness (QED) is 0.837. The number of aliphatic hydroxyl groups is 1. The summed E-state index contributed by atoms with van der Waals surface area (Å²) in [5.41, 5.74) is 0.228. The van der Waals surface area contributed by atoms with Gasteiger partial charge in [0, 0.05) is 13.1 Å². The lowest BCUT2D eigenvalue weighted by Crippen LogP contribution is -2.40. The van der Waals surface area contributed by atoms with E-state index < -0.39 is 5.97 Å². The normalized spacial score (nSPS) is 20.2. The number of carboxylic acid groups (broad SMARTS) is 1. The molecule has 0 aromatic heterocycles. The minimum absolute atomic E-state index is 0.228. The van der Waals surface area contributed by atoms with E-state index in [-0.39, 0.29) is 11.7 Å². The van der Waals surface area contributed by atoms with Gasteiger partial charge >= 0.3 is 5.97 Å². The average molecular weight is 265 g/mol. The van der Waals surface area contributed by atoms with E-state index >= 15 is 0 Å². The van der Waals surface area contributed by atoms with Gasteiger partial charge in [0.05, 0.1) is 11.7 Å². The fourth-order valence-corrected chi connectivity index (χ4v) is 2.25. The molecule has 0 spiro atoms. The zero-order chi connectivity index (χ0) is 13.7. The molecule has 1 fully saturated rings. The van der Waals surface area contributed by atoms with E-state index in [1.165, 1.54) is 12.1 Å². The van der Waals surface area contributed by atoms with Crippen LogP contribution in [0.3, 0.4) is 0 Å². The third-order valence-corrected chi connectivity index (χ3v) is 3.24. The van der Waals surface area contributed by atoms with Gasteiger partial charge in [-0.25, -0.2) is 4.79 Å². The first kappa shape index (κ1) is 13.8. The smallest absolute Gasteiger partial charge is 0.335 e. The van der Waals surface area contributed by atoms with Gasteiger partial charge in [-0.2, -0.15) is 0 Å². The highest BCUT2D eigenvalue weighted by atomic mass is 16.5. The Kier molecular flexibility index (Phi) is 4.76. The van der Waals surface area contributed by atoms with Crippen molar-refractivity contribution < 1.29 is 19.7 Å². The molecular formula is C14H19NO4. The van der Waals surface area contributed by atoms with Crippen LogP contribution >= 0.6 is 0 Å². The molecule has 1 saturated heterocycles. The lowest BCUT2D eigenvalue weighted by molar-refractivity contribution is 0.0630. The lowest BCUT2D eigenvalue weighted by Gasteiger charge is -2.29. The highest BCUT2D eigenvalue weighted by molar-refractivity contribution is 5.87. The summed E-state index contributed by atoms with van der Waals surface area (Å²) in [6.07, 6.45) is 1.65. The van der Waals surface area contributed by atoms with Crippen molar-refractivity contribution in [3.63, 3.8) is 0 Å². The first-order valence-corrected chi connectivity index (χ1v) is 6.52. The van der Waals surface area contributed by atoms with Crippen LogP contribution in [-0.4, -0.2) is 53.4 Å². The Hall–Kier alpha value is -1.59. The Morgan fingerprint density at radius 2 is 2.32 bits per heavy atom. The number of ether oxygens (including phenoxy) is 1. The number of carboxylic acids is 1. The van der Waals surface area contributed by atoms with E-state index in [2.05, 4.69) is 4.90 Å². The number of hydrogen-bond acceptors (Lipinski definition) is 4. The molecule has 0 bridgehead atoms. The predicted octanol–water partition coefficient (Wildman–Crippen LogP) is 1.22. The zero-order valence-corrected chi connectivity index (χ0v) is 10.8. The van der Waals surface area contributed by atoms with Crippen LogP contribution in [-0.2, 0) is 0 Å². The standard InChI is InChI=1S/C14H19NO4/c16-12-4-2-6-15(10-12)7-8-19-13-5-1-3-11(9-13)14(17)18/h1,3,5,9,12,16H,2,4,6-8,10H2,(H,17,18). The van der Waals surface area contributed by atoms with Gasteiger partial charge in [0.25, 0.3) is 0 Å². The maximum Gasteiger partial charge on any atom is 0.335 e. The molecule has 1 aliphatic heterocycles. The highest BCUT2D eigenvalue weighted by Gasteiger charge is 2.17. The molecule has 5 nitrogen and oxygen atoms in total.